The van der Waals surface area contributed by atoms with Crippen LogP contribution in [0.25, 0.3) is 0 Å². The molecular weight excluding hydrogens is 268 g/mol. The fraction of sp³-hybridized carbons (Fsp3) is 0.750. The Kier molecular flexibility index (Phi) is 4.99. The third-order valence-electron chi connectivity index (χ3n) is 2.91. The molecule has 0 fully saturated rings. The normalized spacial score (nSPS) is 15.4. The van der Waals surface area contributed by atoms with Gasteiger partial charge < -0.3 is 5.11 Å². The van der Waals surface area contributed by atoms with E-state index in [4.69, 9.17) is 0 Å². The van der Waals surface area contributed by atoms with Crippen molar-refractivity contribution < 1.29 is 5.11 Å². The van der Waals surface area contributed by atoms with Gasteiger partial charge in [0.1, 0.15) is 0 Å². The lowest BCUT2D eigenvalue weighted by Gasteiger charge is -2.19. The Hall–Kier alpha value is -0.350. The van der Waals surface area contributed by atoms with Gasteiger partial charge in [0.2, 0.25) is 0 Å². The van der Waals surface area contributed by atoms with Crippen molar-refractivity contribution in [1.29, 1.82) is 0 Å². The predicted molar refractivity (Wildman–Crippen MR) is 69.3 cm³/mol. The summed E-state index contributed by atoms with van der Waals surface area (Å²) < 4.78 is 2.79. The first kappa shape index (κ1) is 13.7. The van der Waals surface area contributed by atoms with Crippen LogP contribution >= 0.6 is 15.9 Å². The molecule has 0 amide bonds. The minimum absolute atomic E-state index is 0.271. The molecule has 0 spiro atoms. The quantitative estimate of drug-likeness (QED) is 0.897. The molecule has 0 saturated carbocycles. The molecule has 1 heterocycles. The molecule has 0 aromatic carbocycles. The number of rotatable bonds is 5. The molecule has 4 heteroatoms. The van der Waals surface area contributed by atoms with Crippen molar-refractivity contribution in [2.24, 2.45) is 5.92 Å². The monoisotopic (exact) mass is 288 g/mol. The largest absolute Gasteiger partial charge is 0.387 e. The van der Waals surface area contributed by atoms with E-state index in [1.165, 1.54) is 0 Å². The van der Waals surface area contributed by atoms with Gasteiger partial charge in [-0.1, -0.05) is 20.3 Å². The van der Waals surface area contributed by atoms with Gasteiger partial charge in [0.15, 0.2) is 0 Å². The number of aromatic nitrogens is 2. The lowest BCUT2D eigenvalue weighted by Crippen LogP contribution is -2.13. The Balaban J connectivity index is 2.89. The van der Waals surface area contributed by atoms with Crippen LogP contribution in [0.2, 0.25) is 0 Å². The van der Waals surface area contributed by atoms with Crippen LogP contribution in [0.1, 0.15) is 58.4 Å². The fourth-order valence-corrected chi connectivity index (χ4v) is 2.27. The minimum atomic E-state index is -0.436. The average Bonchev–Trinajstić information content (AvgIpc) is 2.59. The highest BCUT2D eigenvalue weighted by Gasteiger charge is 2.20. The lowest BCUT2D eigenvalue weighted by atomic mass is 9.99. The second-order valence-corrected chi connectivity index (χ2v) is 5.54. The molecule has 0 radical (unpaired) electrons. The van der Waals surface area contributed by atoms with Crippen LogP contribution in [0.3, 0.4) is 0 Å². The number of hydrogen-bond acceptors (Lipinski definition) is 2. The van der Waals surface area contributed by atoms with Crippen LogP contribution < -0.4 is 0 Å². The van der Waals surface area contributed by atoms with Crippen molar-refractivity contribution >= 4 is 15.9 Å². The minimum Gasteiger partial charge on any atom is -0.387 e. The van der Waals surface area contributed by atoms with Crippen LogP contribution in [0.15, 0.2) is 10.7 Å². The number of halogens is 1. The second-order valence-electron chi connectivity index (χ2n) is 4.68. The van der Waals surface area contributed by atoms with Gasteiger partial charge in [0.05, 0.1) is 22.5 Å². The third-order valence-corrected chi connectivity index (χ3v) is 3.53. The van der Waals surface area contributed by atoms with E-state index < -0.39 is 6.10 Å². The zero-order chi connectivity index (χ0) is 12.3. The molecule has 1 aromatic rings. The summed E-state index contributed by atoms with van der Waals surface area (Å²) in [6.45, 7) is 8.44. The summed E-state index contributed by atoms with van der Waals surface area (Å²) >= 11 is 3.45. The van der Waals surface area contributed by atoms with Crippen molar-refractivity contribution in [3.63, 3.8) is 0 Å². The van der Waals surface area contributed by atoms with Crippen molar-refractivity contribution in [2.45, 2.75) is 52.7 Å². The number of nitrogens with zero attached hydrogens (tertiary/aromatic N) is 2. The van der Waals surface area contributed by atoms with E-state index in [1.807, 2.05) is 4.68 Å². The van der Waals surface area contributed by atoms with Crippen molar-refractivity contribution in [2.75, 3.05) is 0 Å². The molecule has 2 unspecified atom stereocenters. The van der Waals surface area contributed by atoms with E-state index >= 15 is 0 Å². The van der Waals surface area contributed by atoms with Crippen LogP contribution in [-0.2, 0) is 0 Å². The van der Waals surface area contributed by atoms with Crippen LogP contribution in [0, 0.1) is 5.92 Å². The molecular formula is C12H21BrN2O. The molecule has 16 heavy (non-hydrogen) atoms. The number of aliphatic hydroxyl groups excluding tert-OH is 1. The molecule has 0 bridgehead atoms. The standard InChI is InChI=1S/C12H21BrN2O/c1-5-9(4)6-11(16)12-10(13)7-14-15(12)8(2)3/h7-9,11,16H,5-6H2,1-4H3. The predicted octanol–water partition coefficient (Wildman–Crippen LogP) is 3.70. The highest BCUT2D eigenvalue weighted by molar-refractivity contribution is 9.10. The smallest absolute Gasteiger partial charge is 0.0970 e. The molecule has 2 atom stereocenters. The first-order valence-corrected chi connectivity index (χ1v) is 6.67. The van der Waals surface area contributed by atoms with E-state index in [9.17, 15) is 5.11 Å². The van der Waals surface area contributed by atoms with E-state index in [-0.39, 0.29) is 6.04 Å². The van der Waals surface area contributed by atoms with Gasteiger partial charge in [-0.25, -0.2) is 0 Å². The van der Waals surface area contributed by atoms with Crippen LogP contribution in [-0.4, -0.2) is 14.9 Å². The summed E-state index contributed by atoms with van der Waals surface area (Å²) in [5.41, 5.74) is 0.898. The average molecular weight is 289 g/mol. The molecule has 92 valence electrons. The third kappa shape index (κ3) is 3.08. The fourth-order valence-electron chi connectivity index (χ4n) is 1.73. The number of hydrogen-bond donors (Lipinski definition) is 1. The van der Waals surface area contributed by atoms with Gasteiger partial charge in [-0.2, -0.15) is 5.10 Å². The van der Waals surface area contributed by atoms with Gasteiger partial charge in [-0.15, -0.1) is 0 Å². The molecule has 0 aliphatic carbocycles. The van der Waals surface area contributed by atoms with Gasteiger partial charge in [-0.05, 0) is 42.1 Å². The summed E-state index contributed by atoms with van der Waals surface area (Å²) in [4.78, 5) is 0. The SMILES string of the molecule is CCC(C)CC(O)c1c(Br)cnn1C(C)C. The Morgan fingerprint density at radius 3 is 2.56 bits per heavy atom. The Bertz CT molecular complexity index is 336. The van der Waals surface area contributed by atoms with Crippen molar-refractivity contribution in [3.05, 3.63) is 16.4 Å². The summed E-state index contributed by atoms with van der Waals surface area (Å²) in [7, 11) is 0. The highest BCUT2D eigenvalue weighted by Crippen LogP contribution is 2.30. The van der Waals surface area contributed by atoms with E-state index in [0.29, 0.717) is 5.92 Å². The Morgan fingerprint density at radius 2 is 2.06 bits per heavy atom. The first-order chi connectivity index (χ1) is 7.47. The lowest BCUT2D eigenvalue weighted by molar-refractivity contribution is 0.134. The van der Waals surface area contributed by atoms with Gasteiger partial charge >= 0.3 is 0 Å². The topological polar surface area (TPSA) is 38.1 Å². The summed E-state index contributed by atoms with van der Waals surface area (Å²) in [5, 5.41) is 14.5. The maximum atomic E-state index is 10.2. The summed E-state index contributed by atoms with van der Waals surface area (Å²) in [6, 6.07) is 0.271. The zero-order valence-corrected chi connectivity index (χ0v) is 12.0. The van der Waals surface area contributed by atoms with E-state index in [0.717, 1.165) is 23.0 Å². The maximum Gasteiger partial charge on any atom is 0.0970 e. The van der Waals surface area contributed by atoms with Gasteiger partial charge in [-0.3, -0.25) is 4.68 Å². The second kappa shape index (κ2) is 5.82. The molecule has 0 saturated heterocycles. The van der Waals surface area contributed by atoms with E-state index in [1.54, 1.807) is 6.20 Å². The summed E-state index contributed by atoms with van der Waals surface area (Å²) in [6.07, 6.45) is 3.20. The zero-order valence-electron chi connectivity index (χ0n) is 10.4. The molecule has 0 aliphatic rings. The molecule has 3 nitrogen and oxygen atoms in total. The van der Waals surface area contributed by atoms with E-state index in [2.05, 4.69) is 48.7 Å². The summed E-state index contributed by atoms with van der Waals surface area (Å²) in [5.74, 6) is 0.525. The van der Waals surface area contributed by atoms with Crippen molar-refractivity contribution in [1.82, 2.24) is 9.78 Å². The molecule has 1 rings (SSSR count). The van der Waals surface area contributed by atoms with Gasteiger partial charge in [0.25, 0.3) is 0 Å². The Labute approximate surface area is 106 Å². The van der Waals surface area contributed by atoms with Crippen LogP contribution in [0.5, 0.6) is 0 Å². The first-order valence-electron chi connectivity index (χ1n) is 5.88. The molecule has 1 aromatic heterocycles. The van der Waals surface area contributed by atoms with Crippen LogP contribution in [0.4, 0.5) is 0 Å². The molecule has 0 aliphatic heterocycles. The maximum absolute atomic E-state index is 10.2. The Morgan fingerprint density at radius 1 is 1.44 bits per heavy atom. The highest BCUT2D eigenvalue weighted by atomic mass is 79.9. The van der Waals surface area contributed by atoms with Gasteiger partial charge in [0, 0.05) is 6.04 Å². The molecule has 1 N–H and O–H groups in total. The number of aliphatic hydroxyl groups is 1. The van der Waals surface area contributed by atoms with Crippen molar-refractivity contribution in [3.8, 4) is 0 Å².